The number of nitrogens with zero attached hydrogens (tertiary/aromatic N) is 2. The highest BCUT2D eigenvalue weighted by molar-refractivity contribution is 5.95. The monoisotopic (exact) mass is 286 g/mol. The Morgan fingerprint density at radius 1 is 1.33 bits per heavy atom. The van der Waals surface area contributed by atoms with Gasteiger partial charge in [-0.25, -0.2) is 9.78 Å². The van der Waals surface area contributed by atoms with Crippen molar-refractivity contribution in [3.8, 4) is 0 Å². The van der Waals surface area contributed by atoms with E-state index in [0.29, 0.717) is 30.2 Å². The summed E-state index contributed by atoms with van der Waals surface area (Å²) in [4.78, 5) is 20.1. The summed E-state index contributed by atoms with van der Waals surface area (Å²) in [5, 5.41) is 3.13. The Labute approximate surface area is 123 Å². The number of carbonyl (C=O) groups is 1. The first kappa shape index (κ1) is 14.8. The van der Waals surface area contributed by atoms with Crippen LogP contribution < -0.4 is 11.1 Å². The van der Waals surface area contributed by atoms with Crippen LogP contribution in [-0.2, 0) is 11.3 Å². The van der Waals surface area contributed by atoms with Crippen molar-refractivity contribution in [3.05, 3.63) is 47.4 Å². The Morgan fingerprint density at radius 2 is 2.14 bits per heavy atom. The lowest BCUT2D eigenvalue weighted by molar-refractivity contribution is 0.0527. The van der Waals surface area contributed by atoms with Crippen LogP contribution in [0.15, 0.2) is 30.6 Å². The highest BCUT2D eigenvalue weighted by Gasteiger charge is 2.12. The van der Waals surface area contributed by atoms with Crippen molar-refractivity contribution in [1.29, 1.82) is 0 Å². The summed E-state index contributed by atoms with van der Waals surface area (Å²) in [6, 6.07) is 5.52. The van der Waals surface area contributed by atoms with Gasteiger partial charge in [0, 0.05) is 18.4 Å². The molecule has 0 saturated heterocycles. The van der Waals surface area contributed by atoms with Gasteiger partial charge in [0.05, 0.1) is 24.1 Å². The van der Waals surface area contributed by atoms with Crippen LogP contribution in [0.3, 0.4) is 0 Å². The molecule has 0 aliphatic heterocycles. The Hall–Kier alpha value is -2.63. The number of aromatic nitrogens is 2. The minimum atomic E-state index is -0.447. The fourth-order valence-corrected chi connectivity index (χ4v) is 1.74. The normalized spacial score (nSPS) is 10.2. The molecule has 0 fully saturated rings. The molecule has 0 spiro atoms. The van der Waals surface area contributed by atoms with E-state index in [0.717, 1.165) is 11.3 Å². The number of rotatable bonds is 5. The van der Waals surface area contributed by atoms with Gasteiger partial charge in [-0.15, -0.1) is 0 Å². The second-order valence-corrected chi connectivity index (χ2v) is 4.54. The maximum absolute atomic E-state index is 11.8. The summed E-state index contributed by atoms with van der Waals surface area (Å²) in [7, 11) is 0. The third kappa shape index (κ3) is 3.92. The van der Waals surface area contributed by atoms with Gasteiger partial charge in [0.15, 0.2) is 0 Å². The quantitative estimate of drug-likeness (QED) is 0.819. The Morgan fingerprint density at radius 3 is 2.81 bits per heavy atom. The molecular weight excluding hydrogens is 268 g/mol. The number of esters is 1. The highest BCUT2D eigenvalue weighted by atomic mass is 16.5. The summed E-state index contributed by atoms with van der Waals surface area (Å²) in [6.07, 6.45) is 3.24. The van der Waals surface area contributed by atoms with Crippen molar-refractivity contribution < 1.29 is 9.53 Å². The van der Waals surface area contributed by atoms with Crippen molar-refractivity contribution in [3.63, 3.8) is 0 Å². The van der Waals surface area contributed by atoms with E-state index in [1.54, 1.807) is 19.2 Å². The number of hydrogen-bond acceptors (Lipinski definition) is 6. The Bertz CT molecular complexity index is 626. The Balaban J connectivity index is 2.08. The van der Waals surface area contributed by atoms with Crippen LogP contribution >= 0.6 is 0 Å². The number of pyridine rings is 2. The molecule has 0 unspecified atom stereocenters. The fourth-order valence-electron chi connectivity index (χ4n) is 1.74. The predicted molar refractivity (Wildman–Crippen MR) is 80.9 cm³/mol. The average Bonchev–Trinajstić information content (AvgIpc) is 2.48. The van der Waals surface area contributed by atoms with Gasteiger partial charge in [-0.3, -0.25) is 4.98 Å². The molecule has 0 aromatic carbocycles. The summed E-state index contributed by atoms with van der Waals surface area (Å²) in [6.45, 7) is 4.55. The number of ether oxygens (including phenoxy) is 1. The van der Waals surface area contributed by atoms with E-state index < -0.39 is 5.97 Å². The van der Waals surface area contributed by atoms with Gasteiger partial charge in [0.1, 0.15) is 5.82 Å². The van der Waals surface area contributed by atoms with Crippen LogP contribution in [0.25, 0.3) is 0 Å². The number of carbonyl (C=O) groups excluding carboxylic acids is 1. The number of nitrogens with two attached hydrogens (primary N) is 1. The standard InChI is InChI=1S/C15H18N4O2/c1-3-21-15(20)12-6-14(19-9-13(12)16)18-8-11-5-4-10(2)17-7-11/h4-7,9H,3,8,16H2,1-2H3,(H,18,19). The molecule has 110 valence electrons. The minimum Gasteiger partial charge on any atom is -0.462 e. The van der Waals surface area contributed by atoms with Crippen LogP contribution in [0.2, 0.25) is 0 Å². The molecule has 6 heteroatoms. The lowest BCUT2D eigenvalue weighted by Gasteiger charge is -2.09. The molecule has 2 rings (SSSR count). The maximum atomic E-state index is 11.8. The molecule has 0 saturated carbocycles. The van der Waals surface area contributed by atoms with Crippen LogP contribution in [0.4, 0.5) is 11.5 Å². The second kappa shape index (κ2) is 6.69. The molecular formula is C15H18N4O2. The van der Waals surface area contributed by atoms with Crippen molar-refractivity contribution >= 4 is 17.5 Å². The van der Waals surface area contributed by atoms with E-state index in [2.05, 4.69) is 15.3 Å². The first-order chi connectivity index (χ1) is 10.1. The third-order valence-corrected chi connectivity index (χ3v) is 2.88. The maximum Gasteiger partial charge on any atom is 0.340 e. The number of nitrogen functional groups attached to an aromatic ring is 1. The SMILES string of the molecule is CCOC(=O)c1cc(NCc2ccc(C)nc2)ncc1N. The second-order valence-electron chi connectivity index (χ2n) is 4.54. The molecule has 0 amide bonds. The van der Waals surface area contributed by atoms with E-state index in [9.17, 15) is 4.79 Å². The first-order valence-corrected chi connectivity index (χ1v) is 6.68. The zero-order chi connectivity index (χ0) is 15.2. The lowest BCUT2D eigenvalue weighted by atomic mass is 10.2. The van der Waals surface area contributed by atoms with Crippen LogP contribution in [0.5, 0.6) is 0 Å². The van der Waals surface area contributed by atoms with Crippen molar-refractivity contribution in [2.24, 2.45) is 0 Å². The number of hydrogen-bond donors (Lipinski definition) is 2. The smallest absolute Gasteiger partial charge is 0.340 e. The van der Waals surface area contributed by atoms with E-state index in [1.807, 2.05) is 19.1 Å². The largest absolute Gasteiger partial charge is 0.462 e. The van der Waals surface area contributed by atoms with E-state index in [-0.39, 0.29) is 0 Å². The van der Waals surface area contributed by atoms with Gasteiger partial charge in [0.25, 0.3) is 0 Å². The summed E-state index contributed by atoms with van der Waals surface area (Å²) < 4.78 is 4.96. The molecule has 0 atom stereocenters. The van der Waals surface area contributed by atoms with Crippen LogP contribution in [0.1, 0.15) is 28.5 Å². The van der Waals surface area contributed by atoms with Gasteiger partial charge in [-0.05, 0) is 31.5 Å². The zero-order valence-electron chi connectivity index (χ0n) is 12.1. The van der Waals surface area contributed by atoms with E-state index >= 15 is 0 Å². The molecule has 0 radical (unpaired) electrons. The topological polar surface area (TPSA) is 90.1 Å². The number of nitrogens with one attached hydrogen (secondary N) is 1. The lowest BCUT2D eigenvalue weighted by Crippen LogP contribution is -2.10. The molecule has 21 heavy (non-hydrogen) atoms. The molecule has 0 bridgehead atoms. The fraction of sp³-hybridized carbons (Fsp3) is 0.267. The number of anilines is 2. The summed E-state index contributed by atoms with van der Waals surface area (Å²) in [5.41, 5.74) is 8.35. The van der Waals surface area contributed by atoms with Crippen LogP contribution in [0, 0.1) is 6.92 Å². The zero-order valence-corrected chi connectivity index (χ0v) is 12.1. The first-order valence-electron chi connectivity index (χ1n) is 6.68. The highest BCUT2D eigenvalue weighted by Crippen LogP contribution is 2.16. The van der Waals surface area contributed by atoms with E-state index in [1.165, 1.54) is 6.20 Å². The van der Waals surface area contributed by atoms with Crippen LogP contribution in [-0.4, -0.2) is 22.5 Å². The molecule has 3 N–H and O–H groups in total. The van der Waals surface area contributed by atoms with Crippen molar-refractivity contribution in [2.45, 2.75) is 20.4 Å². The van der Waals surface area contributed by atoms with Gasteiger partial charge in [-0.2, -0.15) is 0 Å². The van der Waals surface area contributed by atoms with Gasteiger partial charge in [-0.1, -0.05) is 6.07 Å². The summed E-state index contributed by atoms with van der Waals surface area (Å²) in [5.74, 6) is 0.116. The molecule has 2 heterocycles. The minimum absolute atomic E-state index is 0.302. The molecule has 2 aromatic rings. The van der Waals surface area contributed by atoms with E-state index in [4.69, 9.17) is 10.5 Å². The molecule has 0 aliphatic rings. The molecule has 0 aliphatic carbocycles. The van der Waals surface area contributed by atoms with Crippen molar-refractivity contribution in [1.82, 2.24) is 9.97 Å². The summed E-state index contributed by atoms with van der Waals surface area (Å²) >= 11 is 0. The molecule has 6 nitrogen and oxygen atoms in total. The van der Waals surface area contributed by atoms with Crippen molar-refractivity contribution in [2.75, 3.05) is 17.7 Å². The van der Waals surface area contributed by atoms with Gasteiger partial charge < -0.3 is 15.8 Å². The average molecular weight is 286 g/mol. The predicted octanol–water partition coefficient (Wildman–Crippen LogP) is 2.16. The third-order valence-electron chi connectivity index (χ3n) is 2.88. The Kier molecular flexibility index (Phi) is 4.71. The molecule has 2 aromatic heterocycles. The number of aryl methyl sites for hydroxylation is 1. The van der Waals surface area contributed by atoms with Gasteiger partial charge in [0.2, 0.25) is 0 Å². The van der Waals surface area contributed by atoms with Gasteiger partial charge >= 0.3 is 5.97 Å².